The van der Waals surface area contributed by atoms with Crippen molar-refractivity contribution in [3.05, 3.63) is 29.3 Å². The Kier molecular flexibility index (Phi) is 4.77. The van der Waals surface area contributed by atoms with Crippen LogP contribution in [0.25, 0.3) is 0 Å². The van der Waals surface area contributed by atoms with Gasteiger partial charge in [0.1, 0.15) is 5.75 Å². The third-order valence-corrected chi connectivity index (χ3v) is 2.03. The van der Waals surface area contributed by atoms with Gasteiger partial charge in [0.2, 0.25) is 0 Å². The first kappa shape index (κ1) is 13.8. The molecule has 0 aliphatic heterocycles. The molecule has 0 radical (unpaired) electrons. The van der Waals surface area contributed by atoms with Crippen molar-refractivity contribution in [1.29, 1.82) is 0 Å². The van der Waals surface area contributed by atoms with Crippen LogP contribution in [-0.2, 0) is 17.9 Å². The molecule has 0 aromatic heterocycles. The molecule has 0 amide bonds. The summed E-state index contributed by atoms with van der Waals surface area (Å²) in [6.45, 7) is 0.645. The second-order valence-corrected chi connectivity index (χ2v) is 3.45. The second kappa shape index (κ2) is 5.88. The molecule has 1 aromatic carbocycles. The molecule has 96 valence electrons. The van der Waals surface area contributed by atoms with E-state index in [9.17, 15) is 13.2 Å². The van der Waals surface area contributed by atoms with E-state index in [4.69, 9.17) is 4.74 Å². The van der Waals surface area contributed by atoms with E-state index < -0.39 is 6.36 Å². The molecule has 1 N–H and O–H groups in total. The van der Waals surface area contributed by atoms with Gasteiger partial charge >= 0.3 is 6.36 Å². The Bertz CT molecular complexity index is 366. The molecule has 0 spiro atoms. The fraction of sp³-hybridized carbons (Fsp3) is 0.455. The minimum Gasteiger partial charge on any atom is -0.405 e. The minimum absolute atomic E-state index is 0.188. The minimum atomic E-state index is -4.68. The van der Waals surface area contributed by atoms with Crippen LogP contribution >= 0.6 is 0 Å². The number of hydrogen-bond donors (Lipinski definition) is 1. The first-order valence-electron chi connectivity index (χ1n) is 4.97. The van der Waals surface area contributed by atoms with Gasteiger partial charge in [0.15, 0.2) is 0 Å². The van der Waals surface area contributed by atoms with Crippen LogP contribution in [0.1, 0.15) is 11.1 Å². The predicted octanol–water partition coefficient (Wildman–Crippen LogP) is 2.45. The summed E-state index contributed by atoms with van der Waals surface area (Å²) in [5.74, 6) is -0.188. The fourth-order valence-corrected chi connectivity index (χ4v) is 1.44. The molecule has 0 saturated heterocycles. The third kappa shape index (κ3) is 4.62. The molecule has 0 bridgehead atoms. The summed E-state index contributed by atoms with van der Waals surface area (Å²) in [5, 5.41) is 2.79. The molecule has 0 saturated carbocycles. The summed E-state index contributed by atoms with van der Waals surface area (Å²) in [5.41, 5.74) is 1.24. The lowest BCUT2D eigenvalue weighted by Crippen LogP contribution is -2.19. The Labute approximate surface area is 97.5 Å². The van der Waals surface area contributed by atoms with Crippen molar-refractivity contribution in [3.63, 3.8) is 0 Å². The van der Waals surface area contributed by atoms with Crippen molar-refractivity contribution in [2.45, 2.75) is 19.5 Å². The van der Waals surface area contributed by atoms with Gasteiger partial charge in [-0.25, -0.2) is 0 Å². The predicted molar refractivity (Wildman–Crippen MR) is 56.6 cm³/mol. The zero-order valence-electron chi connectivity index (χ0n) is 9.60. The van der Waals surface area contributed by atoms with E-state index in [1.54, 1.807) is 19.2 Å². The van der Waals surface area contributed by atoms with Crippen LogP contribution in [0.5, 0.6) is 5.75 Å². The lowest BCUT2D eigenvalue weighted by atomic mass is 10.1. The van der Waals surface area contributed by atoms with Crippen LogP contribution in [-0.4, -0.2) is 20.5 Å². The number of alkyl halides is 3. The van der Waals surface area contributed by atoms with Gasteiger partial charge in [-0.3, -0.25) is 0 Å². The van der Waals surface area contributed by atoms with Crippen LogP contribution in [0.15, 0.2) is 18.2 Å². The van der Waals surface area contributed by atoms with Gasteiger partial charge in [-0.2, -0.15) is 0 Å². The Morgan fingerprint density at radius 2 is 2.00 bits per heavy atom. The van der Waals surface area contributed by atoms with E-state index in [1.807, 2.05) is 0 Å². The molecule has 1 rings (SSSR count). The van der Waals surface area contributed by atoms with Crippen molar-refractivity contribution in [2.75, 3.05) is 14.2 Å². The molecule has 3 nitrogen and oxygen atoms in total. The number of rotatable bonds is 5. The molecule has 0 fully saturated rings. The van der Waals surface area contributed by atoms with Crippen molar-refractivity contribution in [3.8, 4) is 5.75 Å². The topological polar surface area (TPSA) is 30.5 Å². The molecular formula is C11H14F3NO2. The van der Waals surface area contributed by atoms with Crippen LogP contribution in [0, 0.1) is 0 Å². The van der Waals surface area contributed by atoms with Gasteiger partial charge < -0.3 is 14.8 Å². The fourth-order valence-electron chi connectivity index (χ4n) is 1.44. The standard InChI is InChI=1S/C11H14F3NO2/c1-15-6-9-5-8(7-16-2)3-4-10(9)17-11(12,13)14/h3-5,15H,6-7H2,1-2H3. The maximum absolute atomic E-state index is 12.1. The van der Waals surface area contributed by atoms with Gasteiger partial charge in [0.05, 0.1) is 6.61 Å². The van der Waals surface area contributed by atoms with Gasteiger partial charge in [0.25, 0.3) is 0 Å². The summed E-state index contributed by atoms with van der Waals surface area (Å²) in [7, 11) is 3.18. The summed E-state index contributed by atoms with van der Waals surface area (Å²) in [4.78, 5) is 0. The smallest absolute Gasteiger partial charge is 0.405 e. The lowest BCUT2D eigenvalue weighted by Gasteiger charge is -2.14. The summed E-state index contributed by atoms with van der Waals surface area (Å²) in [6, 6.07) is 4.47. The second-order valence-electron chi connectivity index (χ2n) is 3.45. The molecule has 17 heavy (non-hydrogen) atoms. The highest BCUT2D eigenvalue weighted by Gasteiger charge is 2.32. The highest BCUT2D eigenvalue weighted by molar-refractivity contribution is 5.37. The van der Waals surface area contributed by atoms with Crippen LogP contribution in [0.3, 0.4) is 0 Å². The maximum Gasteiger partial charge on any atom is 0.573 e. The van der Waals surface area contributed by atoms with Gasteiger partial charge in [-0.1, -0.05) is 6.07 Å². The average Bonchev–Trinajstić information content (AvgIpc) is 2.21. The highest BCUT2D eigenvalue weighted by Crippen LogP contribution is 2.27. The first-order chi connectivity index (χ1) is 7.96. The number of halogens is 3. The molecule has 0 heterocycles. The first-order valence-corrected chi connectivity index (χ1v) is 4.97. The molecule has 0 atom stereocenters. The van der Waals surface area contributed by atoms with Crippen LogP contribution in [0.2, 0.25) is 0 Å². The van der Waals surface area contributed by atoms with E-state index in [-0.39, 0.29) is 5.75 Å². The third-order valence-electron chi connectivity index (χ3n) is 2.03. The van der Waals surface area contributed by atoms with E-state index in [0.29, 0.717) is 18.7 Å². The lowest BCUT2D eigenvalue weighted by molar-refractivity contribution is -0.274. The number of hydrogen-bond acceptors (Lipinski definition) is 3. The highest BCUT2D eigenvalue weighted by atomic mass is 19.4. The van der Waals surface area contributed by atoms with Crippen LogP contribution in [0.4, 0.5) is 13.2 Å². The SMILES string of the molecule is CNCc1cc(COC)ccc1OC(F)(F)F. The van der Waals surface area contributed by atoms with Crippen molar-refractivity contribution < 1.29 is 22.6 Å². The van der Waals surface area contributed by atoms with Crippen LogP contribution < -0.4 is 10.1 Å². The zero-order valence-corrected chi connectivity index (χ0v) is 9.60. The van der Waals surface area contributed by atoms with Crippen molar-refractivity contribution in [1.82, 2.24) is 5.32 Å². The van der Waals surface area contributed by atoms with Crippen molar-refractivity contribution in [2.24, 2.45) is 0 Å². The van der Waals surface area contributed by atoms with E-state index in [2.05, 4.69) is 10.1 Å². The summed E-state index contributed by atoms with van der Waals surface area (Å²) < 4.78 is 45.3. The molecule has 0 unspecified atom stereocenters. The Hall–Kier alpha value is -1.27. The largest absolute Gasteiger partial charge is 0.573 e. The van der Waals surface area contributed by atoms with Gasteiger partial charge in [-0.15, -0.1) is 13.2 Å². The average molecular weight is 249 g/mol. The Balaban J connectivity index is 2.95. The molecule has 6 heteroatoms. The van der Waals surface area contributed by atoms with E-state index >= 15 is 0 Å². The van der Waals surface area contributed by atoms with Gasteiger partial charge in [0, 0.05) is 19.2 Å². The molecular weight excluding hydrogens is 235 g/mol. The number of nitrogens with one attached hydrogen (secondary N) is 1. The maximum atomic E-state index is 12.1. The normalized spacial score (nSPS) is 11.6. The summed E-state index contributed by atoms with van der Waals surface area (Å²) in [6.07, 6.45) is -4.68. The number of benzene rings is 1. The monoisotopic (exact) mass is 249 g/mol. The van der Waals surface area contributed by atoms with Crippen molar-refractivity contribution >= 4 is 0 Å². The van der Waals surface area contributed by atoms with E-state index in [1.165, 1.54) is 13.2 Å². The Morgan fingerprint density at radius 3 is 2.53 bits per heavy atom. The quantitative estimate of drug-likeness (QED) is 0.869. The number of ether oxygens (including phenoxy) is 2. The molecule has 1 aromatic rings. The Morgan fingerprint density at radius 1 is 1.29 bits per heavy atom. The molecule has 0 aliphatic carbocycles. The zero-order chi connectivity index (χ0) is 12.9. The van der Waals surface area contributed by atoms with E-state index in [0.717, 1.165) is 5.56 Å². The van der Waals surface area contributed by atoms with Gasteiger partial charge in [-0.05, 0) is 24.7 Å². The number of methoxy groups -OCH3 is 1. The summed E-state index contributed by atoms with van der Waals surface area (Å²) >= 11 is 0. The molecule has 0 aliphatic rings.